The minimum Gasteiger partial charge on any atom is -0.337 e. The lowest BCUT2D eigenvalue weighted by molar-refractivity contribution is 0.0704. The van der Waals surface area contributed by atoms with E-state index in [-0.39, 0.29) is 22.5 Å². The van der Waals surface area contributed by atoms with Crippen LogP contribution in [0.3, 0.4) is 0 Å². The number of carbonyl (C=O) groups excluding carboxylic acids is 1. The second-order valence-corrected chi connectivity index (χ2v) is 4.66. The number of carbonyl (C=O) groups is 1. The standard InChI is InChI=1S/C12H14ClFN2O/c13-10-5-1-4-9(11(10)14)12(17)16-6-2-3-8(15)7-16/h1,4-5,8H,2-3,6-7,15H2/t8-/m1/s1. The third kappa shape index (κ3) is 2.58. The van der Waals surface area contributed by atoms with Crippen LogP contribution in [0.1, 0.15) is 23.2 Å². The number of halogens is 2. The molecular formula is C12H14ClFN2O. The molecule has 3 nitrogen and oxygen atoms in total. The van der Waals surface area contributed by atoms with E-state index in [1.807, 2.05) is 0 Å². The molecule has 0 aromatic heterocycles. The largest absolute Gasteiger partial charge is 0.337 e. The van der Waals surface area contributed by atoms with Crippen LogP contribution in [0, 0.1) is 5.82 Å². The van der Waals surface area contributed by atoms with Gasteiger partial charge in [0.1, 0.15) is 0 Å². The summed E-state index contributed by atoms with van der Waals surface area (Å²) >= 11 is 5.66. The third-order valence-corrected chi connectivity index (χ3v) is 3.22. The molecule has 1 fully saturated rings. The topological polar surface area (TPSA) is 46.3 Å². The van der Waals surface area contributed by atoms with Crippen LogP contribution < -0.4 is 5.73 Å². The van der Waals surface area contributed by atoms with Gasteiger partial charge in [0.05, 0.1) is 10.6 Å². The summed E-state index contributed by atoms with van der Waals surface area (Å²) in [4.78, 5) is 13.7. The molecule has 1 saturated heterocycles. The van der Waals surface area contributed by atoms with Crippen LogP contribution in [-0.4, -0.2) is 29.9 Å². The molecule has 5 heteroatoms. The van der Waals surface area contributed by atoms with Crippen molar-refractivity contribution < 1.29 is 9.18 Å². The molecule has 0 bridgehead atoms. The van der Waals surface area contributed by atoms with Gasteiger partial charge in [0.2, 0.25) is 0 Å². The zero-order valence-electron chi connectivity index (χ0n) is 9.33. The average Bonchev–Trinajstić information content (AvgIpc) is 2.32. The Bertz CT molecular complexity index is 439. The van der Waals surface area contributed by atoms with E-state index in [1.165, 1.54) is 12.1 Å². The minimum atomic E-state index is -0.654. The molecule has 1 aromatic carbocycles. The normalized spacial score (nSPS) is 20.4. The zero-order chi connectivity index (χ0) is 12.4. The van der Waals surface area contributed by atoms with Crippen molar-refractivity contribution in [3.05, 3.63) is 34.6 Å². The first kappa shape index (κ1) is 12.3. The van der Waals surface area contributed by atoms with E-state index in [1.54, 1.807) is 11.0 Å². The van der Waals surface area contributed by atoms with Crippen molar-refractivity contribution >= 4 is 17.5 Å². The highest BCUT2D eigenvalue weighted by molar-refractivity contribution is 6.31. The zero-order valence-corrected chi connectivity index (χ0v) is 10.1. The van der Waals surface area contributed by atoms with Gasteiger partial charge < -0.3 is 10.6 Å². The van der Waals surface area contributed by atoms with E-state index < -0.39 is 5.82 Å². The molecule has 0 aliphatic carbocycles. The summed E-state index contributed by atoms with van der Waals surface area (Å²) < 4.78 is 13.7. The number of hydrogen-bond acceptors (Lipinski definition) is 2. The van der Waals surface area contributed by atoms with Crippen LogP contribution >= 0.6 is 11.6 Å². The summed E-state index contributed by atoms with van der Waals surface area (Å²) in [5, 5.41) is -0.0304. The fourth-order valence-electron chi connectivity index (χ4n) is 2.03. The molecular weight excluding hydrogens is 243 g/mol. The van der Waals surface area contributed by atoms with Gasteiger partial charge in [-0.25, -0.2) is 4.39 Å². The Balaban J connectivity index is 2.22. The van der Waals surface area contributed by atoms with E-state index in [2.05, 4.69) is 0 Å². The summed E-state index contributed by atoms with van der Waals surface area (Å²) in [6.07, 6.45) is 1.76. The SMILES string of the molecule is N[C@@H]1CCCN(C(=O)c2cccc(Cl)c2F)C1. The fraction of sp³-hybridized carbons (Fsp3) is 0.417. The van der Waals surface area contributed by atoms with Crippen LogP contribution in [0.4, 0.5) is 4.39 Å². The Hall–Kier alpha value is -1.13. The Labute approximate surface area is 104 Å². The summed E-state index contributed by atoms with van der Waals surface area (Å²) in [5.41, 5.74) is 5.82. The lowest BCUT2D eigenvalue weighted by Gasteiger charge is -2.30. The average molecular weight is 257 g/mol. The Morgan fingerprint density at radius 3 is 3.00 bits per heavy atom. The minimum absolute atomic E-state index is 0.0186. The van der Waals surface area contributed by atoms with Crippen LogP contribution in [0.25, 0.3) is 0 Å². The monoisotopic (exact) mass is 256 g/mol. The first-order valence-electron chi connectivity index (χ1n) is 5.58. The number of hydrogen-bond donors (Lipinski definition) is 1. The van der Waals surface area contributed by atoms with Crippen molar-refractivity contribution in [2.24, 2.45) is 5.73 Å². The molecule has 0 spiro atoms. The molecule has 2 N–H and O–H groups in total. The molecule has 1 amide bonds. The first-order chi connectivity index (χ1) is 8.09. The van der Waals surface area contributed by atoms with Crippen molar-refractivity contribution in [1.29, 1.82) is 0 Å². The molecule has 2 rings (SSSR count). The van der Waals surface area contributed by atoms with Crippen LogP contribution in [0.15, 0.2) is 18.2 Å². The molecule has 1 aromatic rings. The van der Waals surface area contributed by atoms with Crippen molar-refractivity contribution in [3.8, 4) is 0 Å². The van der Waals surface area contributed by atoms with E-state index in [9.17, 15) is 9.18 Å². The maximum absolute atomic E-state index is 13.7. The second kappa shape index (κ2) is 5.02. The quantitative estimate of drug-likeness (QED) is 0.836. The summed E-state index contributed by atoms with van der Waals surface area (Å²) in [7, 11) is 0. The molecule has 92 valence electrons. The second-order valence-electron chi connectivity index (χ2n) is 4.25. The summed E-state index contributed by atoms with van der Waals surface area (Å²) in [6, 6.07) is 4.43. The molecule has 1 atom stereocenters. The van der Waals surface area contributed by atoms with Crippen molar-refractivity contribution in [3.63, 3.8) is 0 Å². The third-order valence-electron chi connectivity index (χ3n) is 2.93. The van der Waals surface area contributed by atoms with Gasteiger partial charge in [-0.15, -0.1) is 0 Å². The van der Waals surface area contributed by atoms with Crippen molar-refractivity contribution in [2.75, 3.05) is 13.1 Å². The van der Waals surface area contributed by atoms with E-state index in [4.69, 9.17) is 17.3 Å². The molecule has 1 heterocycles. The fourth-order valence-corrected chi connectivity index (χ4v) is 2.21. The number of nitrogens with two attached hydrogens (primary N) is 1. The summed E-state index contributed by atoms with van der Waals surface area (Å²) in [5.74, 6) is -0.988. The first-order valence-corrected chi connectivity index (χ1v) is 5.96. The predicted octanol–water partition coefficient (Wildman–Crippen LogP) is 2.04. The Morgan fingerprint density at radius 1 is 1.53 bits per heavy atom. The van der Waals surface area contributed by atoms with Crippen LogP contribution in [0.5, 0.6) is 0 Å². The number of nitrogens with zero attached hydrogens (tertiary/aromatic N) is 1. The highest BCUT2D eigenvalue weighted by Gasteiger charge is 2.24. The predicted molar refractivity (Wildman–Crippen MR) is 64.5 cm³/mol. The van der Waals surface area contributed by atoms with E-state index in [0.29, 0.717) is 13.1 Å². The van der Waals surface area contributed by atoms with Gasteiger partial charge in [-0.2, -0.15) is 0 Å². The number of likely N-dealkylation sites (tertiary alicyclic amines) is 1. The molecule has 0 unspecified atom stereocenters. The van der Waals surface area contributed by atoms with Gasteiger partial charge in [0.25, 0.3) is 5.91 Å². The number of rotatable bonds is 1. The van der Waals surface area contributed by atoms with Gasteiger partial charge in [-0.3, -0.25) is 4.79 Å². The van der Waals surface area contributed by atoms with Crippen molar-refractivity contribution in [1.82, 2.24) is 4.90 Å². The van der Waals surface area contributed by atoms with Gasteiger partial charge in [-0.05, 0) is 25.0 Å². The van der Waals surface area contributed by atoms with Gasteiger partial charge in [0.15, 0.2) is 5.82 Å². The van der Waals surface area contributed by atoms with Crippen molar-refractivity contribution in [2.45, 2.75) is 18.9 Å². The highest BCUT2D eigenvalue weighted by atomic mass is 35.5. The lowest BCUT2D eigenvalue weighted by atomic mass is 10.1. The smallest absolute Gasteiger partial charge is 0.256 e. The van der Waals surface area contributed by atoms with Crippen LogP contribution in [0.2, 0.25) is 5.02 Å². The molecule has 1 aliphatic heterocycles. The maximum Gasteiger partial charge on any atom is 0.256 e. The Morgan fingerprint density at radius 2 is 2.29 bits per heavy atom. The molecule has 1 aliphatic rings. The van der Waals surface area contributed by atoms with Gasteiger partial charge in [0, 0.05) is 19.1 Å². The Kier molecular flexibility index (Phi) is 3.64. The number of piperidine rings is 1. The number of amides is 1. The molecule has 0 saturated carbocycles. The van der Waals surface area contributed by atoms with E-state index >= 15 is 0 Å². The highest BCUT2D eigenvalue weighted by Crippen LogP contribution is 2.20. The maximum atomic E-state index is 13.7. The number of benzene rings is 1. The lowest BCUT2D eigenvalue weighted by Crippen LogP contribution is -2.45. The summed E-state index contributed by atoms with van der Waals surface area (Å²) in [6.45, 7) is 1.10. The van der Waals surface area contributed by atoms with E-state index in [0.717, 1.165) is 12.8 Å². The van der Waals surface area contributed by atoms with Gasteiger partial charge >= 0.3 is 0 Å². The van der Waals surface area contributed by atoms with Gasteiger partial charge in [-0.1, -0.05) is 17.7 Å². The molecule has 17 heavy (non-hydrogen) atoms. The molecule has 0 radical (unpaired) electrons. The van der Waals surface area contributed by atoms with Crippen LogP contribution in [-0.2, 0) is 0 Å².